The van der Waals surface area contributed by atoms with Crippen molar-refractivity contribution in [2.45, 2.75) is 25.2 Å². The third-order valence-corrected chi connectivity index (χ3v) is 2.89. The fraction of sp³-hybridized carbons (Fsp3) is 0.545. The summed E-state index contributed by atoms with van der Waals surface area (Å²) in [6.45, 7) is 0.0711. The van der Waals surface area contributed by atoms with E-state index in [0.717, 1.165) is 0 Å². The highest BCUT2D eigenvalue weighted by atomic mass is 16.7. The molecule has 1 aliphatic rings. The Kier molecular flexibility index (Phi) is 4.53. The summed E-state index contributed by atoms with van der Waals surface area (Å²) >= 11 is 0. The van der Waals surface area contributed by atoms with Gasteiger partial charge in [0.15, 0.2) is 5.82 Å². The maximum Gasteiger partial charge on any atom is 0.508 e. The molecule has 1 saturated heterocycles. The first-order valence-corrected chi connectivity index (χ1v) is 5.99. The topological polar surface area (TPSA) is 112 Å². The predicted molar refractivity (Wildman–Crippen MR) is 65.4 cm³/mol. The molecule has 0 bridgehead atoms. The Morgan fingerprint density at radius 3 is 3.10 bits per heavy atom. The Hall–Kier alpha value is -2.13. The van der Waals surface area contributed by atoms with Crippen LogP contribution < -0.4 is 11.2 Å². The maximum absolute atomic E-state index is 11.7. The van der Waals surface area contributed by atoms with Crippen LogP contribution in [0.2, 0.25) is 0 Å². The minimum Gasteiger partial charge on any atom is -0.438 e. The zero-order chi connectivity index (χ0) is 14.5. The Morgan fingerprint density at radius 1 is 1.65 bits per heavy atom. The smallest absolute Gasteiger partial charge is 0.438 e. The molecule has 0 amide bonds. The van der Waals surface area contributed by atoms with Crippen LogP contribution in [0.15, 0.2) is 17.1 Å². The number of carbonyl (C=O) groups is 1. The number of nitrogens with one attached hydrogen (secondary N) is 1. The standard InChI is InChI=1S/C11H15N3O6/c1-18-11(16)19-6-7-2-3-9(20-7)14-5-4-8(13-17)12-10(14)15/h4-5,7,9,17H,2-3,6H2,1H3,(H,12,13,15)/t7-,9+/m0/s1. The average Bonchev–Trinajstić information content (AvgIpc) is 2.93. The lowest BCUT2D eigenvalue weighted by Crippen LogP contribution is -2.28. The lowest BCUT2D eigenvalue weighted by atomic mass is 10.2. The van der Waals surface area contributed by atoms with Crippen LogP contribution >= 0.6 is 0 Å². The van der Waals surface area contributed by atoms with Gasteiger partial charge in [0, 0.05) is 6.20 Å². The molecule has 9 nitrogen and oxygen atoms in total. The summed E-state index contributed by atoms with van der Waals surface area (Å²) in [7, 11) is 1.22. The van der Waals surface area contributed by atoms with Gasteiger partial charge < -0.3 is 14.2 Å². The Labute approximate surface area is 114 Å². The van der Waals surface area contributed by atoms with Gasteiger partial charge in [0.25, 0.3) is 0 Å². The van der Waals surface area contributed by atoms with Gasteiger partial charge in [-0.3, -0.25) is 15.3 Å². The summed E-state index contributed by atoms with van der Waals surface area (Å²) in [6, 6.07) is 1.45. The number of hydrogen-bond donors (Lipinski definition) is 2. The first-order valence-electron chi connectivity index (χ1n) is 5.99. The van der Waals surface area contributed by atoms with E-state index >= 15 is 0 Å². The minimum atomic E-state index is -0.769. The Bertz CT molecular complexity index is 531. The maximum atomic E-state index is 11.7. The van der Waals surface area contributed by atoms with Gasteiger partial charge in [0.05, 0.1) is 13.2 Å². The summed E-state index contributed by atoms with van der Waals surface area (Å²) in [5.74, 6) is 0.0646. The van der Waals surface area contributed by atoms with Crippen molar-refractivity contribution in [3.8, 4) is 0 Å². The van der Waals surface area contributed by atoms with Crippen molar-refractivity contribution in [2.75, 3.05) is 19.2 Å². The molecule has 0 radical (unpaired) electrons. The molecule has 20 heavy (non-hydrogen) atoms. The van der Waals surface area contributed by atoms with Crippen molar-refractivity contribution in [1.82, 2.24) is 9.55 Å². The minimum absolute atomic E-state index is 0.0646. The summed E-state index contributed by atoms with van der Waals surface area (Å²) in [6.07, 6.45) is 1.20. The van der Waals surface area contributed by atoms with Gasteiger partial charge in [-0.15, -0.1) is 0 Å². The quantitative estimate of drug-likeness (QED) is 0.607. The highest BCUT2D eigenvalue weighted by Crippen LogP contribution is 2.27. The van der Waals surface area contributed by atoms with Crippen LogP contribution in [0.4, 0.5) is 10.6 Å². The zero-order valence-electron chi connectivity index (χ0n) is 10.8. The van der Waals surface area contributed by atoms with E-state index in [4.69, 9.17) is 14.7 Å². The number of ether oxygens (including phenoxy) is 3. The Balaban J connectivity index is 1.95. The van der Waals surface area contributed by atoms with Crippen molar-refractivity contribution in [3.63, 3.8) is 0 Å². The van der Waals surface area contributed by atoms with Crippen molar-refractivity contribution in [2.24, 2.45) is 0 Å². The molecular weight excluding hydrogens is 270 g/mol. The fourth-order valence-corrected chi connectivity index (χ4v) is 1.93. The van der Waals surface area contributed by atoms with Gasteiger partial charge >= 0.3 is 11.8 Å². The van der Waals surface area contributed by atoms with Gasteiger partial charge in [-0.05, 0) is 18.9 Å². The highest BCUT2D eigenvalue weighted by molar-refractivity contribution is 5.59. The molecule has 1 aromatic rings. The second-order valence-corrected chi connectivity index (χ2v) is 4.17. The first kappa shape index (κ1) is 14.3. The van der Waals surface area contributed by atoms with Crippen LogP contribution in [0.25, 0.3) is 0 Å². The molecule has 0 aromatic carbocycles. The third kappa shape index (κ3) is 3.25. The number of rotatable bonds is 4. The van der Waals surface area contributed by atoms with Crippen molar-refractivity contribution >= 4 is 12.0 Å². The third-order valence-electron chi connectivity index (χ3n) is 2.89. The van der Waals surface area contributed by atoms with E-state index in [-0.39, 0.29) is 18.5 Å². The lowest BCUT2D eigenvalue weighted by Gasteiger charge is -2.15. The van der Waals surface area contributed by atoms with E-state index in [2.05, 4.69) is 9.72 Å². The van der Waals surface area contributed by atoms with Gasteiger partial charge in [0.1, 0.15) is 12.8 Å². The number of carbonyl (C=O) groups excluding carboxylic acids is 1. The van der Waals surface area contributed by atoms with Crippen molar-refractivity contribution < 1.29 is 24.2 Å². The molecule has 2 atom stereocenters. The van der Waals surface area contributed by atoms with Crippen LogP contribution in [0.3, 0.4) is 0 Å². The second-order valence-electron chi connectivity index (χ2n) is 4.17. The van der Waals surface area contributed by atoms with E-state index < -0.39 is 18.1 Å². The van der Waals surface area contributed by atoms with E-state index in [1.54, 1.807) is 5.48 Å². The molecule has 0 saturated carbocycles. The molecule has 0 spiro atoms. The van der Waals surface area contributed by atoms with E-state index in [9.17, 15) is 9.59 Å². The highest BCUT2D eigenvalue weighted by Gasteiger charge is 2.28. The molecule has 1 aliphatic heterocycles. The van der Waals surface area contributed by atoms with Gasteiger partial charge in [-0.2, -0.15) is 4.98 Å². The molecule has 2 heterocycles. The molecule has 2 rings (SSSR count). The first-order chi connectivity index (χ1) is 9.63. The molecule has 2 N–H and O–H groups in total. The van der Waals surface area contributed by atoms with Crippen LogP contribution in [0, 0.1) is 0 Å². The molecule has 1 aromatic heterocycles. The molecule has 0 aliphatic carbocycles. The molecule has 1 fully saturated rings. The van der Waals surface area contributed by atoms with Crippen molar-refractivity contribution in [3.05, 3.63) is 22.7 Å². The number of anilines is 1. The molecule has 0 unspecified atom stereocenters. The molecular formula is C11H15N3O6. The van der Waals surface area contributed by atoms with Crippen LogP contribution in [0.1, 0.15) is 19.1 Å². The summed E-state index contributed by atoms with van der Waals surface area (Å²) < 4.78 is 16.1. The predicted octanol–water partition coefficient (Wildman–Crippen LogP) is 0.505. The lowest BCUT2D eigenvalue weighted by molar-refractivity contribution is -0.0373. The number of nitrogens with zero attached hydrogens (tertiary/aromatic N) is 2. The zero-order valence-corrected chi connectivity index (χ0v) is 10.8. The summed E-state index contributed by atoms with van der Waals surface area (Å²) in [4.78, 5) is 26.2. The van der Waals surface area contributed by atoms with Gasteiger partial charge in [-0.1, -0.05) is 0 Å². The molecule has 9 heteroatoms. The van der Waals surface area contributed by atoms with Gasteiger partial charge in [-0.25, -0.2) is 9.59 Å². The molecule has 110 valence electrons. The normalized spacial score (nSPS) is 21.5. The largest absolute Gasteiger partial charge is 0.508 e. The number of aromatic nitrogens is 2. The van der Waals surface area contributed by atoms with Crippen molar-refractivity contribution in [1.29, 1.82) is 0 Å². The fourth-order valence-electron chi connectivity index (χ4n) is 1.93. The summed E-state index contributed by atoms with van der Waals surface area (Å²) in [5, 5.41) is 8.65. The van der Waals surface area contributed by atoms with Gasteiger partial charge in [0.2, 0.25) is 0 Å². The van der Waals surface area contributed by atoms with Crippen LogP contribution in [0.5, 0.6) is 0 Å². The van der Waals surface area contributed by atoms with E-state index in [1.165, 1.54) is 23.9 Å². The SMILES string of the molecule is COC(=O)OC[C@@H]1CC[C@H](n2ccc(NO)nc2=O)O1. The average molecular weight is 285 g/mol. The number of hydrogen-bond acceptors (Lipinski definition) is 8. The van der Waals surface area contributed by atoms with Crippen LogP contribution in [-0.2, 0) is 14.2 Å². The van der Waals surface area contributed by atoms with E-state index in [1.807, 2.05) is 0 Å². The monoisotopic (exact) mass is 285 g/mol. The van der Waals surface area contributed by atoms with E-state index in [0.29, 0.717) is 12.8 Å². The second kappa shape index (κ2) is 6.35. The summed E-state index contributed by atoms with van der Waals surface area (Å²) in [5.41, 5.74) is 1.26. The number of methoxy groups -OCH3 is 1. The van der Waals surface area contributed by atoms with Crippen LogP contribution in [-0.4, -0.2) is 40.7 Å². The Morgan fingerprint density at radius 2 is 2.45 bits per heavy atom.